The number of carbonyl (C=O) groups is 1. The van der Waals surface area contributed by atoms with Crippen LogP contribution < -0.4 is 10.9 Å². The highest BCUT2D eigenvalue weighted by molar-refractivity contribution is 6.09. The Balaban J connectivity index is 1.84. The Hall–Kier alpha value is -3.15. The van der Waals surface area contributed by atoms with E-state index in [0.717, 1.165) is 5.56 Å². The highest BCUT2D eigenvalue weighted by atomic mass is 19.1. The molecule has 0 aliphatic carbocycles. The summed E-state index contributed by atoms with van der Waals surface area (Å²) in [6.45, 7) is 0.478. The monoisotopic (exact) mass is 324 g/mol. The maximum atomic E-state index is 12.9. The minimum absolute atomic E-state index is 0.300. The number of halogens is 1. The van der Waals surface area contributed by atoms with Gasteiger partial charge in [-0.25, -0.2) is 4.39 Å². The van der Waals surface area contributed by atoms with Crippen LogP contribution in [0.3, 0.4) is 0 Å². The average Bonchev–Trinajstić information content (AvgIpc) is 3.00. The van der Waals surface area contributed by atoms with E-state index >= 15 is 0 Å². The lowest BCUT2D eigenvalue weighted by Crippen LogP contribution is -2.28. The summed E-state index contributed by atoms with van der Waals surface area (Å²) in [4.78, 5) is 25.1. The van der Waals surface area contributed by atoms with E-state index in [-0.39, 0.29) is 11.3 Å². The van der Waals surface area contributed by atoms with Gasteiger partial charge in [0.05, 0.1) is 5.52 Å². The number of hydrogen-bond donors (Lipinski definition) is 2. The van der Waals surface area contributed by atoms with Gasteiger partial charge < -0.3 is 15.0 Å². The van der Waals surface area contributed by atoms with Crippen LogP contribution in [0.15, 0.2) is 47.3 Å². The minimum atomic E-state index is -0.716. The van der Waals surface area contributed by atoms with Crippen molar-refractivity contribution in [2.75, 3.05) is 5.32 Å². The maximum absolute atomic E-state index is 12.9. The first-order valence-corrected chi connectivity index (χ1v) is 7.50. The van der Waals surface area contributed by atoms with E-state index in [1.165, 1.54) is 28.8 Å². The first-order chi connectivity index (χ1) is 11.6. The molecule has 0 bridgehead atoms. The van der Waals surface area contributed by atoms with Crippen molar-refractivity contribution in [3.05, 3.63) is 69.8 Å². The SMILES string of the molecule is O=C(Nc1ccc(F)cc1)c1c(O)c2cccc3c2n(c1=O)CC3. The fourth-order valence-electron chi connectivity index (χ4n) is 3.15. The number of aryl methyl sites for hydroxylation is 2. The summed E-state index contributed by atoms with van der Waals surface area (Å²) in [5.74, 6) is -1.47. The second kappa shape index (κ2) is 5.19. The van der Waals surface area contributed by atoms with Crippen molar-refractivity contribution in [3.8, 4) is 5.75 Å². The Kier molecular flexibility index (Phi) is 3.13. The van der Waals surface area contributed by atoms with Crippen molar-refractivity contribution in [1.29, 1.82) is 0 Å². The van der Waals surface area contributed by atoms with Crippen LogP contribution in [0.2, 0.25) is 0 Å². The number of para-hydroxylation sites is 1. The molecule has 2 N–H and O–H groups in total. The first-order valence-electron chi connectivity index (χ1n) is 7.50. The summed E-state index contributed by atoms with van der Waals surface area (Å²) in [6, 6.07) is 10.6. The second-order valence-electron chi connectivity index (χ2n) is 5.70. The highest BCUT2D eigenvalue weighted by Crippen LogP contribution is 2.32. The molecule has 2 aromatic carbocycles. The zero-order valence-corrected chi connectivity index (χ0v) is 12.5. The van der Waals surface area contributed by atoms with E-state index in [1.54, 1.807) is 12.1 Å². The molecular weight excluding hydrogens is 311 g/mol. The normalized spacial score (nSPS) is 12.5. The fraction of sp³-hybridized carbons (Fsp3) is 0.111. The number of nitrogens with one attached hydrogen (secondary N) is 1. The van der Waals surface area contributed by atoms with Gasteiger partial charge in [-0.2, -0.15) is 0 Å². The predicted octanol–water partition coefficient (Wildman–Crippen LogP) is 2.65. The molecule has 0 spiro atoms. The smallest absolute Gasteiger partial charge is 0.267 e. The predicted molar refractivity (Wildman–Crippen MR) is 87.9 cm³/mol. The Morgan fingerprint density at radius 1 is 1.17 bits per heavy atom. The number of hydrogen-bond acceptors (Lipinski definition) is 3. The Labute approximate surface area is 136 Å². The molecule has 120 valence electrons. The third kappa shape index (κ3) is 2.07. The van der Waals surface area contributed by atoms with Gasteiger partial charge in [0.25, 0.3) is 11.5 Å². The van der Waals surface area contributed by atoms with Gasteiger partial charge in [-0.15, -0.1) is 0 Å². The van der Waals surface area contributed by atoms with Crippen LogP contribution in [0.1, 0.15) is 15.9 Å². The summed E-state index contributed by atoms with van der Waals surface area (Å²) in [5, 5.41) is 13.5. The number of rotatable bonds is 2. The van der Waals surface area contributed by atoms with Gasteiger partial charge in [0.2, 0.25) is 0 Å². The third-order valence-electron chi connectivity index (χ3n) is 4.27. The van der Waals surface area contributed by atoms with Crippen LogP contribution in [-0.2, 0) is 13.0 Å². The quantitative estimate of drug-likeness (QED) is 0.761. The van der Waals surface area contributed by atoms with Crippen LogP contribution in [0.25, 0.3) is 10.9 Å². The zero-order valence-electron chi connectivity index (χ0n) is 12.5. The number of amides is 1. The molecule has 0 saturated heterocycles. The van der Waals surface area contributed by atoms with Crippen LogP contribution in [-0.4, -0.2) is 15.6 Å². The van der Waals surface area contributed by atoms with Crippen LogP contribution in [0, 0.1) is 5.82 Å². The molecule has 0 unspecified atom stereocenters. The summed E-state index contributed by atoms with van der Waals surface area (Å²) >= 11 is 0. The summed E-state index contributed by atoms with van der Waals surface area (Å²) < 4.78 is 14.5. The lowest BCUT2D eigenvalue weighted by molar-refractivity contribution is 0.102. The van der Waals surface area contributed by atoms with Crippen molar-refractivity contribution < 1.29 is 14.3 Å². The number of carbonyl (C=O) groups excluding carboxylic acids is 1. The van der Waals surface area contributed by atoms with E-state index in [4.69, 9.17) is 0 Å². The van der Waals surface area contributed by atoms with Gasteiger partial charge in [-0.3, -0.25) is 9.59 Å². The van der Waals surface area contributed by atoms with Gasteiger partial charge in [0.15, 0.2) is 0 Å². The van der Waals surface area contributed by atoms with Crippen molar-refractivity contribution in [2.45, 2.75) is 13.0 Å². The van der Waals surface area contributed by atoms with Crippen LogP contribution in [0.5, 0.6) is 5.75 Å². The summed E-state index contributed by atoms with van der Waals surface area (Å²) in [5.41, 5.74) is 1.18. The van der Waals surface area contributed by atoms with E-state index in [2.05, 4.69) is 5.32 Å². The fourth-order valence-corrected chi connectivity index (χ4v) is 3.15. The molecular formula is C18H13FN2O3. The number of aromatic nitrogens is 1. The number of pyridine rings is 1. The topological polar surface area (TPSA) is 71.3 Å². The van der Waals surface area contributed by atoms with E-state index in [0.29, 0.717) is 29.6 Å². The molecule has 24 heavy (non-hydrogen) atoms. The largest absolute Gasteiger partial charge is 0.506 e. The first kappa shape index (κ1) is 14.4. The number of benzene rings is 2. The van der Waals surface area contributed by atoms with Crippen molar-refractivity contribution in [3.63, 3.8) is 0 Å². The Morgan fingerprint density at radius 2 is 1.92 bits per heavy atom. The van der Waals surface area contributed by atoms with Crippen molar-refractivity contribution in [1.82, 2.24) is 4.57 Å². The number of anilines is 1. The number of aromatic hydroxyl groups is 1. The molecule has 0 fully saturated rings. The molecule has 6 heteroatoms. The van der Waals surface area contributed by atoms with E-state index in [9.17, 15) is 19.1 Å². The van der Waals surface area contributed by atoms with Gasteiger partial charge in [0, 0.05) is 17.6 Å². The molecule has 0 radical (unpaired) electrons. The summed E-state index contributed by atoms with van der Waals surface area (Å²) in [7, 11) is 0. The second-order valence-corrected chi connectivity index (χ2v) is 5.70. The number of nitrogens with zero attached hydrogens (tertiary/aromatic N) is 1. The van der Waals surface area contributed by atoms with Crippen LogP contribution >= 0.6 is 0 Å². The molecule has 0 atom stereocenters. The van der Waals surface area contributed by atoms with Crippen LogP contribution in [0.4, 0.5) is 10.1 Å². The maximum Gasteiger partial charge on any atom is 0.267 e. The average molecular weight is 324 g/mol. The standard InChI is InChI=1S/C18H13FN2O3/c19-11-4-6-12(7-5-11)20-17(23)14-16(22)13-3-1-2-10-8-9-21(15(10)13)18(14)24/h1-7,22H,8-9H2,(H,20,23). The van der Waals surface area contributed by atoms with E-state index in [1.807, 2.05) is 6.07 Å². The van der Waals surface area contributed by atoms with E-state index < -0.39 is 17.3 Å². The molecule has 5 nitrogen and oxygen atoms in total. The molecule has 4 rings (SSSR count). The lowest BCUT2D eigenvalue weighted by Gasteiger charge is -2.11. The van der Waals surface area contributed by atoms with Gasteiger partial charge in [0.1, 0.15) is 17.1 Å². The molecule has 3 aromatic rings. The molecule has 2 heterocycles. The molecule has 1 aliphatic heterocycles. The van der Waals surface area contributed by atoms with Crippen molar-refractivity contribution in [2.24, 2.45) is 0 Å². The lowest BCUT2D eigenvalue weighted by atomic mass is 10.1. The zero-order chi connectivity index (χ0) is 16.8. The van der Waals surface area contributed by atoms with Gasteiger partial charge >= 0.3 is 0 Å². The molecule has 1 aliphatic rings. The van der Waals surface area contributed by atoms with Crippen molar-refractivity contribution >= 4 is 22.5 Å². The Bertz CT molecular complexity index is 1040. The van der Waals surface area contributed by atoms with Gasteiger partial charge in [-0.05, 0) is 42.3 Å². The minimum Gasteiger partial charge on any atom is -0.506 e. The summed E-state index contributed by atoms with van der Waals surface area (Å²) in [6.07, 6.45) is 0.690. The molecule has 0 saturated carbocycles. The molecule has 1 amide bonds. The van der Waals surface area contributed by atoms with Gasteiger partial charge in [-0.1, -0.05) is 12.1 Å². The highest BCUT2D eigenvalue weighted by Gasteiger charge is 2.26. The third-order valence-corrected chi connectivity index (χ3v) is 4.27. The molecule has 1 aromatic heterocycles. The Morgan fingerprint density at radius 3 is 2.67 bits per heavy atom.